The van der Waals surface area contributed by atoms with E-state index in [1.54, 1.807) is 24.4 Å². The predicted octanol–water partition coefficient (Wildman–Crippen LogP) is 3.51. The fourth-order valence-electron chi connectivity index (χ4n) is 4.18. The van der Waals surface area contributed by atoms with Crippen LogP contribution in [0.4, 0.5) is 23.0 Å². The maximum absolute atomic E-state index is 11.8. The van der Waals surface area contributed by atoms with E-state index in [9.17, 15) is 10.1 Å². The van der Waals surface area contributed by atoms with E-state index >= 15 is 0 Å². The van der Waals surface area contributed by atoms with Gasteiger partial charge < -0.3 is 20.4 Å². The van der Waals surface area contributed by atoms with Crippen molar-refractivity contribution in [2.24, 2.45) is 0 Å². The Labute approximate surface area is 208 Å². The quantitative estimate of drug-likeness (QED) is 0.359. The summed E-state index contributed by atoms with van der Waals surface area (Å²) >= 11 is 0. The number of hydrogen-bond donors (Lipinski definition) is 3. The summed E-state index contributed by atoms with van der Waals surface area (Å²) in [6.07, 6.45) is 2.82. The molecule has 4 aromatic rings. The highest BCUT2D eigenvalue weighted by Gasteiger charge is 2.16. The van der Waals surface area contributed by atoms with E-state index in [4.69, 9.17) is 4.98 Å². The summed E-state index contributed by atoms with van der Waals surface area (Å²) in [5.41, 5.74) is 4.64. The second kappa shape index (κ2) is 9.85. The zero-order valence-electron chi connectivity index (χ0n) is 19.8. The van der Waals surface area contributed by atoms with Crippen molar-refractivity contribution in [3.63, 3.8) is 0 Å². The van der Waals surface area contributed by atoms with Gasteiger partial charge in [0.05, 0.1) is 28.9 Å². The Morgan fingerprint density at radius 1 is 1.14 bits per heavy atom. The normalized spacial score (nSPS) is 13.8. The first-order chi connectivity index (χ1) is 17.5. The number of anilines is 4. The molecule has 1 aliphatic rings. The Hall–Kier alpha value is -4.75. The summed E-state index contributed by atoms with van der Waals surface area (Å²) < 4.78 is 0. The van der Waals surface area contributed by atoms with Gasteiger partial charge in [-0.2, -0.15) is 15.3 Å². The number of carbonyl (C=O) groups is 1. The first-order valence-electron chi connectivity index (χ1n) is 11.5. The molecule has 0 radical (unpaired) electrons. The number of benzene rings is 2. The Morgan fingerprint density at radius 3 is 2.75 bits per heavy atom. The molecule has 2 aromatic heterocycles. The van der Waals surface area contributed by atoms with Crippen molar-refractivity contribution in [1.29, 1.82) is 5.26 Å². The van der Waals surface area contributed by atoms with Gasteiger partial charge in [-0.05, 0) is 49.5 Å². The third kappa shape index (κ3) is 4.87. The predicted molar refractivity (Wildman–Crippen MR) is 140 cm³/mol. The second-order valence-corrected chi connectivity index (χ2v) is 8.60. The number of nitriles is 1. The van der Waals surface area contributed by atoms with Crippen molar-refractivity contribution in [2.45, 2.75) is 0 Å². The Kier molecular flexibility index (Phi) is 6.30. The molecule has 0 unspecified atom stereocenters. The van der Waals surface area contributed by atoms with Gasteiger partial charge in [0.2, 0.25) is 11.9 Å². The number of likely N-dealkylation sites (N-methyl/N-ethyl adjacent to an activating group) is 1. The molecular weight excluding hydrogens is 454 g/mol. The summed E-state index contributed by atoms with van der Waals surface area (Å²) in [7, 11) is 2.14. The van der Waals surface area contributed by atoms with E-state index in [0.717, 1.165) is 37.6 Å². The van der Waals surface area contributed by atoms with Crippen LogP contribution in [0.2, 0.25) is 0 Å². The van der Waals surface area contributed by atoms with Gasteiger partial charge in [0.1, 0.15) is 0 Å². The van der Waals surface area contributed by atoms with Gasteiger partial charge in [0.15, 0.2) is 5.65 Å². The fraction of sp³-hybridized carbons (Fsp3) is 0.192. The van der Waals surface area contributed by atoms with Crippen LogP contribution in [-0.2, 0) is 4.79 Å². The molecule has 3 heterocycles. The Morgan fingerprint density at radius 2 is 1.97 bits per heavy atom. The Bertz CT molecular complexity index is 1480. The lowest BCUT2D eigenvalue weighted by atomic mass is 10.0. The maximum Gasteiger partial charge on any atom is 0.247 e. The van der Waals surface area contributed by atoms with E-state index < -0.39 is 0 Å². The van der Waals surface area contributed by atoms with Gasteiger partial charge in [0.25, 0.3) is 0 Å². The molecule has 10 heteroatoms. The van der Waals surface area contributed by atoms with Gasteiger partial charge in [-0.3, -0.25) is 9.89 Å². The van der Waals surface area contributed by atoms with Gasteiger partial charge in [-0.1, -0.05) is 12.6 Å². The first-order valence-corrected chi connectivity index (χ1v) is 11.5. The minimum atomic E-state index is -0.366. The molecule has 1 saturated heterocycles. The average Bonchev–Trinajstić information content (AvgIpc) is 3.37. The number of piperazine rings is 1. The molecule has 1 fully saturated rings. The van der Waals surface area contributed by atoms with E-state index in [1.807, 2.05) is 12.1 Å². The van der Waals surface area contributed by atoms with Crippen LogP contribution >= 0.6 is 0 Å². The number of aromatic amines is 1. The van der Waals surface area contributed by atoms with Crippen LogP contribution in [0.25, 0.3) is 22.3 Å². The van der Waals surface area contributed by atoms with E-state index in [0.29, 0.717) is 39.5 Å². The third-order valence-electron chi connectivity index (χ3n) is 6.07. The molecule has 0 spiro atoms. The largest absolute Gasteiger partial charge is 0.369 e. The van der Waals surface area contributed by atoms with Crippen molar-refractivity contribution in [1.82, 2.24) is 25.1 Å². The molecule has 0 bridgehead atoms. The number of fused-ring (bicyclic) bond motifs is 1. The van der Waals surface area contributed by atoms with Crippen LogP contribution in [0.3, 0.4) is 0 Å². The summed E-state index contributed by atoms with van der Waals surface area (Å²) in [4.78, 5) is 25.9. The van der Waals surface area contributed by atoms with Crippen molar-refractivity contribution in [2.75, 3.05) is 48.8 Å². The number of aromatic nitrogens is 4. The van der Waals surface area contributed by atoms with Crippen LogP contribution in [0.5, 0.6) is 0 Å². The average molecular weight is 480 g/mol. The molecule has 3 N–H and O–H groups in total. The van der Waals surface area contributed by atoms with Crippen LogP contribution in [0, 0.1) is 11.3 Å². The standard InChI is InChI=1S/C26H25N9O/c1-3-23(36)29-20-12-17(15-27)11-18(13-20)24-22-16-28-33-25(22)32-26(31-24)30-19-5-4-6-21(14-19)35-9-7-34(2)8-10-35/h3-6,11-14,16H,1,7-10H2,2H3,(H,29,36)(H2,28,30,31,32,33). The van der Waals surface area contributed by atoms with Gasteiger partial charge in [-0.25, -0.2) is 4.98 Å². The molecule has 180 valence electrons. The lowest BCUT2D eigenvalue weighted by molar-refractivity contribution is -0.111. The molecule has 0 saturated carbocycles. The molecule has 1 aliphatic heterocycles. The molecule has 36 heavy (non-hydrogen) atoms. The molecule has 0 aliphatic carbocycles. The molecular formula is C26H25N9O. The lowest BCUT2D eigenvalue weighted by Crippen LogP contribution is -2.44. The van der Waals surface area contributed by atoms with Crippen molar-refractivity contribution in [3.05, 3.63) is 66.9 Å². The lowest BCUT2D eigenvalue weighted by Gasteiger charge is -2.34. The zero-order chi connectivity index (χ0) is 25.1. The topological polar surface area (TPSA) is 126 Å². The van der Waals surface area contributed by atoms with Crippen LogP contribution in [0.15, 0.2) is 61.3 Å². The smallest absolute Gasteiger partial charge is 0.247 e. The minimum Gasteiger partial charge on any atom is -0.369 e. The summed E-state index contributed by atoms with van der Waals surface area (Å²) in [5.74, 6) is 0.0195. The molecule has 1 amide bonds. The van der Waals surface area contributed by atoms with Gasteiger partial charge in [0, 0.05) is 48.8 Å². The number of nitrogens with one attached hydrogen (secondary N) is 3. The molecule has 5 rings (SSSR count). The number of amides is 1. The van der Waals surface area contributed by atoms with Gasteiger partial charge in [-0.15, -0.1) is 0 Å². The van der Waals surface area contributed by atoms with Crippen LogP contribution in [0.1, 0.15) is 5.56 Å². The van der Waals surface area contributed by atoms with Crippen LogP contribution < -0.4 is 15.5 Å². The van der Waals surface area contributed by atoms with Crippen molar-refractivity contribution < 1.29 is 4.79 Å². The summed E-state index contributed by atoms with van der Waals surface area (Å²) in [6.45, 7) is 7.48. The number of nitrogens with zero attached hydrogens (tertiary/aromatic N) is 6. The fourth-order valence-corrected chi connectivity index (χ4v) is 4.18. The highest BCUT2D eigenvalue weighted by Crippen LogP contribution is 2.31. The van der Waals surface area contributed by atoms with E-state index in [-0.39, 0.29) is 5.91 Å². The number of rotatable bonds is 6. The molecule has 10 nitrogen and oxygen atoms in total. The highest BCUT2D eigenvalue weighted by molar-refractivity contribution is 6.00. The van der Waals surface area contributed by atoms with Gasteiger partial charge >= 0.3 is 0 Å². The van der Waals surface area contributed by atoms with Crippen molar-refractivity contribution >= 4 is 40.0 Å². The minimum absolute atomic E-state index is 0.366. The summed E-state index contributed by atoms with van der Waals surface area (Å²) in [5, 5.41) is 23.3. The first kappa shape index (κ1) is 23.0. The second-order valence-electron chi connectivity index (χ2n) is 8.60. The summed E-state index contributed by atoms with van der Waals surface area (Å²) in [6, 6.07) is 15.4. The van der Waals surface area contributed by atoms with E-state index in [1.165, 1.54) is 6.08 Å². The number of carbonyl (C=O) groups excluding carboxylic acids is 1. The maximum atomic E-state index is 11.8. The number of H-pyrrole nitrogens is 1. The number of hydrogen-bond acceptors (Lipinski definition) is 8. The SMILES string of the molecule is C=CC(=O)Nc1cc(C#N)cc(-c2nc(Nc3cccc(N4CCN(C)CC4)c3)nc3[nH]ncc23)c1. The molecule has 0 atom stereocenters. The van der Waals surface area contributed by atoms with Crippen molar-refractivity contribution in [3.8, 4) is 17.3 Å². The van der Waals surface area contributed by atoms with E-state index in [2.05, 4.69) is 67.4 Å². The third-order valence-corrected chi connectivity index (χ3v) is 6.07. The monoisotopic (exact) mass is 479 g/mol. The zero-order valence-corrected chi connectivity index (χ0v) is 19.8. The Balaban J connectivity index is 1.50. The molecule has 2 aromatic carbocycles. The van der Waals surface area contributed by atoms with Crippen LogP contribution in [-0.4, -0.2) is 64.2 Å². The highest BCUT2D eigenvalue weighted by atomic mass is 16.1.